The van der Waals surface area contributed by atoms with Crippen LogP contribution in [0.5, 0.6) is 0 Å². The second kappa shape index (κ2) is 7.98. The first kappa shape index (κ1) is 21.3. The zero-order chi connectivity index (χ0) is 22.2. The predicted octanol–water partition coefficient (Wildman–Crippen LogP) is 4.75. The smallest absolute Gasteiger partial charge is 0.350 e. The quantitative estimate of drug-likeness (QED) is 0.546. The fourth-order valence-corrected chi connectivity index (χ4v) is 4.60. The molecular formula is C23H22F4N2O2. The fraction of sp³-hybridized carbons (Fsp3) is 0.391. The van der Waals surface area contributed by atoms with Gasteiger partial charge in [-0.15, -0.1) is 0 Å². The van der Waals surface area contributed by atoms with Gasteiger partial charge < -0.3 is 10.2 Å². The average molecular weight is 434 g/mol. The lowest BCUT2D eigenvalue weighted by molar-refractivity contribution is -0.165. The number of carbonyl (C=O) groups excluding carboxylic acids is 2. The third-order valence-electron chi connectivity index (χ3n) is 6.25. The molecule has 2 aromatic rings. The zero-order valence-corrected chi connectivity index (χ0v) is 16.7. The van der Waals surface area contributed by atoms with Gasteiger partial charge in [-0.2, -0.15) is 13.2 Å². The second-order valence-corrected chi connectivity index (χ2v) is 8.15. The van der Waals surface area contributed by atoms with Gasteiger partial charge in [0.15, 0.2) is 0 Å². The molecule has 1 atom stereocenters. The number of halogens is 4. The van der Waals surface area contributed by atoms with Crippen LogP contribution in [-0.4, -0.2) is 22.3 Å². The van der Waals surface area contributed by atoms with Crippen molar-refractivity contribution in [2.24, 2.45) is 0 Å². The molecule has 1 aliphatic carbocycles. The molecule has 1 saturated heterocycles. The van der Waals surface area contributed by atoms with Crippen molar-refractivity contribution in [1.29, 1.82) is 0 Å². The van der Waals surface area contributed by atoms with Gasteiger partial charge in [0.05, 0.1) is 18.0 Å². The summed E-state index contributed by atoms with van der Waals surface area (Å²) in [7, 11) is 0. The molecule has 2 amide bonds. The lowest BCUT2D eigenvalue weighted by atomic mass is 9.83. The first-order valence-corrected chi connectivity index (χ1v) is 10.2. The number of hydrogen-bond donors (Lipinski definition) is 1. The van der Waals surface area contributed by atoms with Gasteiger partial charge in [-0.1, -0.05) is 37.1 Å². The molecule has 1 unspecified atom stereocenters. The minimum atomic E-state index is -4.41. The van der Waals surface area contributed by atoms with Crippen molar-refractivity contribution in [3.8, 4) is 0 Å². The number of carbonyl (C=O) groups is 2. The Bertz CT molecular complexity index is 965. The summed E-state index contributed by atoms with van der Waals surface area (Å²) in [6.45, 7) is 0.0714. The highest BCUT2D eigenvalue weighted by atomic mass is 19.4. The molecule has 0 aromatic heterocycles. The summed E-state index contributed by atoms with van der Waals surface area (Å²) in [5.41, 5.74) is -0.411. The summed E-state index contributed by atoms with van der Waals surface area (Å²) in [5, 5.41) is 2.82. The van der Waals surface area contributed by atoms with Crippen LogP contribution >= 0.6 is 0 Å². The van der Waals surface area contributed by atoms with E-state index in [4.69, 9.17) is 0 Å². The van der Waals surface area contributed by atoms with Gasteiger partial charge in [0.1, 0.15) is 11.4 Å². The van der Waals surface area contributed by atoms with E-state index in [2.05, 4.69) is 5.32 Å². The molecular weight excluding hydrogens is 412 g/mol. The number of likely N-dealkylation sites (tertiary alicyclic amines) is 1. The third-order valence-corrected chi connectivity index (χ3v) is 6.25. The summed E-state index contributed by atoms with van der Waals surface area (Å²) in [6.07, 6.45) is -1.51. The maximum Gasteiger partial charge on any atom is 0.416 e. The van der Waals surface area contributed by atoms with Crippen LogP contribution in [0, 0.1) is 5.82 Å². The summed E-state index contributed by atoms with van der Waals surface area (Å²) in [4.78, 5) is 27.4. The largest absolute Gasteiger partial charge is 0.416 e. The Morgan fingerprint density at radius 2 is 1.65 bits per heavy atom. The van der Waals surface area contributed by atoms with Crippen LogP contribution in [0.4, 0.5) is 17.6 Å². The van der Waals surface area contributed by atoms with E-state index in [0.717, 1.165) is 30.5 Å². The maximum absolute atomic E-state index is 13.3. The Morgan fingerprint density at radius 3 is 2.19 bits per heavy atom. The highest BCUT2D eigenvalue weighted by molar-refractivity contribution is 5.95. The summed E-state index contributed by atoms with van der Waals surface area (Å²) >= 11 is 0. The van der Waals surface area contributed by atoms with E-state index < -0.39 is 17.3 Å². The van der Waals surface area contributed by atoms with Crippen LogP contribution in [0.15, 0.2) is 48.5 Å². The van der Waals surface area contributed by atoms with E-state index in [-0.39, 0.29) is 36.6 Å². The number of β-lactam (4-membered cyclic amide) rings is 1. The molecule has 1 heterocycles. The molecule has 2 aromatic carbocycles. The van der Waals surface area contributed by atoms with Crippen LogP contribution in [-0.2, 0) is 22.3 Å². The zero-order valence-electron chi connectivity index (χ0n) is 16.7. The molecule has 1 N–H and O–H groups in total. The van der Waals surface area contributed by atoms with E-state index >= 15 is 0 Å². The minimum absolute atomic E-state index is 0.0714. The molecule has 0 bridgehead atoms. The van der Waals surface area contributed by atoms with Crippen LogP contribution in [0.1, 0.15) is 54.8 Å². The number of rotatable bonds is 5. The van der Waals surface area contributed by atoms with Crippen LogP contribution in [0.2, 0.25) is 0 Å². The SMILES string of the molecule is O=C1CC(c2ccc(F)cc2)N1C1(C(=O)NCc2ccc(C(F)(F)F)cc2)CCCC1. The van der Waals surface area contributed by atoms with Crippen LogP contribution in [0.25, 0.3) is 0 Å². The fourth-order valence-electron chi connectivity index (χ4n) is 4.60. The van der Waals surface area contributed by atoms with Gasteiger partial charge in [-0.3, -0.25) is 9.59 Å². The predicted molar refractivity (Wildman–Crippen MR) is 105 cm³/mol. The first-order valence-electron chi connectivity index (χ1n) is 10.2. The highest BCUT2D eigenvalue weighted by Gasteiger charge is 2.55. The van der Waals surface area contributed by atoms with E-state index in [9.17, 15) is 27.2 Å². The Balaban J connectivity index is 1.50. The van der Waals surface area contributed by atoms with Gasteiger partial charge in [0.2, 0.25) is 11.8 Å². The molecule has 0 radical (unpaired) electrons. The molecule has 2 fully saturated rings. The molecule has 31 heavy (non-hydrogen) atoms. The average Bonchev–Trinajstić information content (AvgIpc) is 3.21. The third kappa shape index (κ3) is 4.03. The number of hydrogen-bond acceptors (Lipinski definition) is 2. The molecule has 2 aliphatic rings. The molecule has 4 rings (SSSR count). The van der Waals surface area contributed by atoms with E-state index in [1.165, 1.54) is 24.3 Å². The first-order chi connectivity index (χ1) is 14.7. The van der Waals surface area contributed by atoms with Crippen molar-refractivity contribution in [3.63, 3.8) is 0 Å². The van der Waals surface area contributed by atoms with Gasteiger partial charge in [0, 0.05) is 6.54 Å². The van der Waals surface area contributed by atoms with Crippen LogP contribution < -0.4 is 5.32 Å². The number of nitrogens with zero attached hydrogens (tertiary/aromatic N) is 1. The molecule has 1 aliphatic heterocycles. The van der Waals surface area contributed by atoms with E-state index in [1.807, 2.05) is 0 Å². The summed E-state index contributed by atoms with van der Waals surface area (Å²) in [6, 6.07) is 10.3. The van der Waals surface area contributed by atoms with Gasteiger partial charge >= 0.3 is 6.18 Å². The Morgan fingerprint density at radius 1 is 1.03 bits per heavy atom. The topological polar surface area (TPSA) is 49.4 Å². The van der Waals surface area contributed by atoms with Crippen molar-refractivity contribution >= 4 is 11.8 Å². The lowest BCUT2D eigenvalue weighted by Crippen LogP contribution is -2.65. The number of benzene rings is 2. The number of alkyl halides is 3. The van der Waals surface area contributed by atoms with Gasteiger partial charge in [0.25, 0.3) is 0 Å². The molecule has 1 saturated carbocycles. The van der Waals surface area contributed by atoms with E-state index in [1.54, 1.807) is 17.0 Å². The second-order valence-electron chi connectivity index (χ2n) is 8.15. The molecule has 8 heteroatoms. The lowest BCUT2D eigenvalue weighted by Gasteiger charge is -2.51. The highest BCUT2D eigenvalue weighted by Crippen LogP contribution is 2.47. The normalized spacial score (nSPS) is 20.5. The Kier molecular flexibility index (Phi) is 5.49. The van der Waals surface area contributed by atoms with Crippen molar-refractivity contribution in [2.75, 3.05) is 0 Å². The van der Waals surface area contributed by atoms with Crippen molar-refractivity contribution in [2.45, 2.75) is 56.4 Å². The standard InChI is InChI=1S/C23H22F4N2O2/c24-18-9-5-16(6-10-18)19-13-20(30)29(19)22(11-1-2-12-22)21(31)28-14-15-3-7-17(8-4-15)23(25,26)27/h3-10,19H,1-2,11-14H2,(H,28,31). The Hall–Kier alpha value is -2.90. The minimum Gasteiger partial charge on any atom is -0.350 e. The van der Waals surface area contributed by atoms with Crippen molar-refractivity contribution in [3.05, 3.63) is 71.0 Å². The van der Waals surface area contributed by atoms with Crippen molar-refractivity contribution in [1.82, 2.24) is 10.2 Å². The molecule has 0 spiro atoms. The monoisotopic (exact) mass is 434 g/mol. The number of amides is 2. The van der Waals surface area contributed by atoms with Crippen LogP contribution in [0.3, 0.4) is 0 Å². The maximum atomic E-state index is 13.3. The Labute approximate surface area is 177 Å². The summed E-state index contributed by atoms with van der Waals surface area (Å²) in [5.74, 6) is -0.795. The molecule has 164 valence electrons. The molecule has 4 nitrogen and oxygen atoms in total. The number of nitrogens with one attached hydrogen (secondary N) is 1. The summed E-state index contributed by atoms with van der Waals surface area (Å²) < 4.78 is 51.5. The van der Waals surface area contributed by atoms with Gasteiger partial charge in [-0.05, 0) is 48.2 Å². The van der Waals surface area contributed by atoms with Gasteiger partial charge in [-0.25, -0.2) is 4.39 Å². The van der Waals surface area contributed by atoms with Crippen molar-refractivity contribution < 1.29 is 27.2 Å². The van der Waals surface area contributed by atoms with E-state index in [0.29, 0.717) is 18.4 Å².